The number of anilines is 1. The molecule has 2 saturated heterocycles. The highest BCUT2D eigenvalue weighted by Crippen LogP contribution is 2.46. The Morgan fingerprint density at radius 3 is 2.32 bits per heavy atom. The number of hydrogen-bond acceptors (Lipinski definition) is 6. The molecule has 0 bridgehead atoms. The van der Waals surface area contributed by atoms with Gasteiger partial charge >= 0.3 is 6.03 Å². The number of rotatable bonds is 6. The van der Waals surface area contributed by atoms with E-state index in [1.807, 2.05) is 0 Å². The molecule has 2 fully saturated rings. The van der Waals surface area contributed by atoms with Crippen LogP contribution in [0.2, 0.25) is 10.0 Å². The second kappa shape index (κ2) is 9.97. The third kappa shape index (κ3) is 5.04. The summed E-state index contributed by atoms with van der Waals surface area (Å²) in [6.45, 7) is 0.0678. The molecule has 0 radical (unpaired) electrons. The molecule has 2 heterocycles. The van der Waals surface area contributed by atoms with Gasteiger partial charge in [-0.05, 0) is 42.3 Å². The molecule has 0 saturated carbocycles. The Kier molecular flexibility index (Phi) is 7.25. The van der Waals surface area contributed by atoms with E-state index in [1.165, 1.54) is 35.0 Å². The number of nitriles is 1. The first-order valence-electron chi connectivity index (χ1n) is 11.4. The van der Waals surface area contributed by atoms with Crippen molar-refractivity contribution in [3.8, 4) is 6.07 Å². The van der Waals surface area contributed by atoms with Crippen molar-refractivity contribution in [3.63, 3.8) is 0 Å². The summed E-state index contributed by atoms with van der Waals surface area (Å²) >= 11 is 12.3. The van der Waals surface area contributed by atoms with Crippen LogP contribution in [-0.2, 0) is 19.4 Å². The molecule has 2 aliphatic heterocycles. The Balaban J connectivity index is 1.74. The van der Waals surface area contributed by atoms with Crippen molar-refractivity contribution < 1.29 is 22.8 Å². The van der Waals surface area contributed by atoms with Crippen LogP contribution in [0.1, 0.15) is 29.9 Å². The predicted octanol–water partition coefficient (Wildman–Crippen LogP) is 3.45. The Morgan fingerprint density at radius 1 is 1.14 bits per heavy atom. The van der Waals surface area contributed by atoms with Crippen molar-refractivity contribution in [2.45, 2.75) is 24.3 Å². The highest BCUT2D eigenvalue weighted by atomic mass is 35.5. The maximum atomic E-state index is 14.1. The van der Waals surface area contributed by atoms with Crippen molar-refractivity contribution >= 4 is 56.6 Å². The van der Waals surface area contributed by atoms with Gasteiger partial charge in [0.15, 0.2) is 0 Å². The Morgan fingerprint density at radius 2 is 1.76 bits per heavy atom. The molecule has 0 aliphatic carbocycles. The summed E-state index contributed by atoms with van der Waals surface area (Å²) < 4.78 is 23.0. The molecule has 4 amide bonds. The van der Waals surface area contributed by atoms with Gasteiger partial charge in [0.2, 0.25) is 5.91 Å². The second-order valence-electron chi connectivity index (χ2n) is 9.33. The summed E-state index contributed by atoms with van der Waals surface area (Å²) in [5.41, 5.74) is -0.0916. The molecule has 9 nitrogen and oxygen atoms in total. The molecule has 0 N–H and O–H groups in total. The van der Waals surface area contributed by atoms with Gasteiger partial charge in [0, 0.05) is 42.2 Å². The molecule has 2 atom stereocenters. The minimum atomic E-state index is -3.23. The van der Waals surface area contributed by atoms with Crippen molar-refractivity contribution in [1.29, 1.82) is 5.26 Å². The zero-order valence-electron chi connectivity index (χ0n) is 20.1. The van der Waals surface area contributed by atoms with E-state index < -0.39 is 33.2 Å². The predicted molar refractivity (Wildman–Crippen MR) is 139 cm³/mol. The molecule has 194 valence electrons. The summed E-state index contributed by atoms with van der Waals surface area (Å²) in [5, 5.41) is 9.71. The van der Waals surface area contributed by atoms with Crippen molar-refractivity contribution in [3.05, 3.63) is 63.6 Å². The van der Waals surface area contributed by atoms with Crippen LogP contribution in [0.5, 0.6) is 0 Å². The normalized spacial score (nSPS) is 21.7. The lowest BCUT2D eigenvalue weighted by molar-refractivity contribution is -0.131. The number of urea groups is 1. The van der Waals surface area contributed by atoms with Gasteiger partial charge in [0.05, 0.1) is 29.6 Å². The van der Waals surface area contributed by atoms with E-state index in [4.69, 9.17) is 23.2 Å². The van der Waals surface area contributed by atoms with Gasteiger partial charge in [0.25, 0.3) is 5.91 Å². The first-order chi connectivity index (χ1) is 17.4. The number of benzene rings is 2. The molecule has 2 aromatic carbocycles. The number of halogens is 2. The van der Waals surface area contributed by atoms with Gasteiger partial charge in [-0.3, -0.25) is 9.59 Å². The van der Waals surface area contributed by atoms with Crippen LogP contribution in [0.3, 0.4) is 0 Å². The number of hydrogen-bond donors (Lipinski definition) is 0. The van der Waals surface area contributed by atoms with Crippen LogP contribution in [0.15, 0.2) is 42.5 Å². The zero-order chi connectivity index (χ0) is 27.1. The molecule has 0 unspecified atom stereocenters. The summed E-state index contributed by atoms with van der Waals surface area (Å²) in [4.78, 5) is 44.5. The second-order valence-corrected chi connectivity index (χ2v) is 12.5. The average molecular weight is 563 g/mol. The highest BCUT2D eigenvalue weighted by molar-refractivity contribution is 7.90. The number of amides is 4. The molecular weight excluding hydrogens is 539 g/mol. The van der Waals surface area contributed by atoms with E-state index in [-0.39, 0.29) is 53.3 Å². The summed E-state index contributed by atoms with van der Waals surface area (Å²) in [6, 6.07) is 12.6. The number of sulfone groups is 1. The highest BCUT2D eigenvalue weighted by Gasteiger charge is 2.64. The van der Waals surface area contributed by atoms with E-state index in [1.54, 1.807) is 24.3 Å². The van der Waals surface area contributed by atoms with E-state index in [2.05, 4.69) is 6.07 Å². The monoisotopic (exact) mass is 562 g/mol. The lowest BCUT2D eigenvalue weighted by atomic mass is 9.80. The third-order valence-corrected chi connectivity index (χ3v) is 8.33. The van der Waals surface area contributed by atoms with Gasteiger partial charge in [-0.15, -0.1) is 0 Å². The fraction of sp³-hybridized carbons (Fsp3) is 0.360. The largest absolute Gasteiger partial charge is 0.339 e. The number of carbonyl (C=O) groups is 3. The van der Waals surface area contributed by atoms with Crippen LogP contribution >= 0.6 is 23.2 Å². The molecule has 1 spiro atoms. The summed E-state index contributed by atoms with van der Waals surface area (Å²) in [6.07, 6.45) is 1.25. The minimum absolute atomic E-state index is 0.0112. The molecule has 0 aromatic heterocycles. The Hall–Kier alpha value is -3.13. The van der Waals surface area contributed by atoms with Crippen LogP contribution in [0.25, 0.3) is 0 Å². The standard InChI is InChI=1S/C25H24Cl2N4O5S/c1-29-24(34)31(20-11-18(26)10-19(27)12-20)23(33)25(29)15-30(22(32)4-3-9-37(2,35)36)14-21(25)17-7-5-16(13-28)6-8-17/h5-8,10-12,21H,3-4,9,14-15H2,1-2H3/t21-,25+/m0/s1. The van der Waals surface area contributed by atoms with Crippen LogP contribution in [0, 0.1) is 11.3 Å². The smallest absolute Gasteiger partial charge is 0.332 e. The molecule has 4 rings (SSSR count). The lowest BCUT2D eigenvalue weighted by Crippen LogP contribution is -2.54. The number of likely N-dealkylation sites (N-methyl/N-ethyl adjacent to an activating group) is 1. The van der Waals surface area contributed by atoms with E-state index >= 15 is 0 Å². The Bertz CT molecular complexity index is 1400. The SMILES string of the molecule is CN1C(=O)N(c2cc(Cl)cc(Cl)c2)C(=O)[C@]12CN(C(=O)CCCS(C)(=O)=O)C[C@H]2c1ccc(C#N)cc1. The molecular formula is C25H24Cl2N4O5S. The fourth-order valence-electron chi connectivity index (χ4n) is 5.04. The summed E-state index contributed by atoms with van der Waals surface area (Å²) in [7, 11) is -1.71. The third-order valence-electron chi connectivity index (χ3n) is 6.87. The maximum Gasteiger partial charge on any atom is 0.332 e. The van der Waals surface area contributed by atoms with Gasteiger partial charge in [0.1, 0.15) is 15.4 Å². The van der Waals surface area contributed by atoms with E-state index in [9.17, 15) is 28.1 Å². The molecule has 2 aliphatic rings. The van der Waals surface area contributed by atoms with Gasteiger partial charge in [-0.1, -0.05) is 35.3 Å². The topological polar surface area (TPSA) is 119 Å². The number of carbonyl (C=O) groups excluding carboxylic acids is 3. The van der Waals surface area contributed by atoms with Gasteiger partial charge in [-0.2, -0.15) is 5.26 Å². The minimum Gasteiger partial charge on any atom is -0.339 e. The van der Waals surface area contributed by atoms with Crippen molar-refractivity contribution in [2.75, 3.05) is 37.0 Å². The van der Waals surface area contributed by atoms with Crippen molar-refractivity contribution in [1.82, 2.24) is 9.80 Å². The number of imide groups is 1. The molecule has 12 heteroatoms. The maximum absolute atomic E-state index is 14.1. The first-order valence-corrected chi connectivity index (χ1v) is 14.2. The fourth-order valence-corrected chi connectivity index (χ4v) is 6.22. The van der Waals surface area contributed by atoms with Crippen molar-refractivity contribution in [2.24, 2.45) is 0 Å². The van der Waals surface area contributed by atoms with Crippen LogP contribution < -0.4 is 4.90 Å². The van der Waals surface area contributed by atoms with E-state index in [0.717, 1.165) is 11.2 Å². The average Bonchev–Trinajstić information content (AvgIpc) is 3.31. The number of nitrogens with zero attached hydrogens (tertiary/aromatic N) is 4. The lowest BCUT2D eigenvalue weighted by Gasteiger charge is -2.33. The zero-order valence-corrected chi connectivity index (χ0v) is 22.5. The molecule has 2 aromatic rings. The summed E-state index contributed by atoms with van der Waals surface area (Å²) in [5.74, 6) is -1.56. The first kappa shape index (κ1) is 26.9. The number of likely N-dealkylation sites (tertiary alicyclic amines) is 1. The van der Waals surface area contributed by atoms with E-state index in [0.29, 0.717) is 11.1 Å². The van der Waals surface area contributed by atoms with Gasteiger partial charge < -0.3 is 9.80 Å². The quantitative estimate of drug-likeness (QED) is 0.497. The van der Waals surface area contributed by atoms with Crippen LogP contribution in [-0.4, -0.2) is 73.7 Å². The van der Waals surface area contributed by atoms with Crippen LogP contribution in [0.4, 0.5) is 10.5 Å². The molecule has 37 heavy (non-hydrogen) atoms. The van der Waals surface area contributed by atoms with Gasteiger partial charge in [-0.25, -0.2) is 18.1 Å². The Labute approximate surface area is 225 Å².